The minimum absolute atomic E-state index is 0.209. The molecule has 0 bridgehead atoms. The van der Waals surface area contributed by atoms with Crippen molar-refractivity contribution in [2.45, 2.75) is 82.6 Å². The molecule has 2 aliphatic carbocycles. The van der Waals surface area contributed by atoms with Gasteiger partial charge in [0.15, 0.2) is 17.5 Å². The molecule has 8 nitrogen and oxygen atoms in total. The Morgan fingerprint density at radius 2 is 1.68 bits per heavy atom. The lowest BCUT2D eigenvalue weighted by atomic mass is 9.86. The molecule has 0 spiro atoms. The maximum Gasteiger partial charge on any atom is 0.203 e. The van der Waals surface area contributed by atoms with Gasteiger partial charge in [-0.15, -0.1) is 0 Å². The number of rotatable bonds is 8. The van der Waals surface area contributed by atoms with Crippen LogP contribution in [0.5, 0.6) is 17.2 Å². The number of guanidine groups is 1. The third-order valence-corrected chi connectivity index (χ3v) is 7.54. The molecule has 4 rings (SSSR count). The maximum atomic E-state index is 5.49. The van der Waals surface area contributed by atoms with Crippen molar-refractivity contribution in [1.29, 1.82) is 0 Å². The monoisotopic (exact) mass is 471 g/mol. The van der Waals surface area contributed by atoms with Crippen LogP contribution in [-0.4, -0.2) is 52.1 Å². The van der Waals surface area contributed by atoms with Crippen LogP contribution in [0.1, 0.15) is 63.9 Å². The predicted molar refractivity (Wildman–Crippen MR) is 136 cm³/mol. The molecular weight excluding hydrogens is 430 g/mol. The van der Waals surface area contributed by atoms with Crippen LogP contribution in [0.3, 0.4) is 0 Å². The van der Waals surface area contributed by atoms with Gasteiger partial charge in [-0.3, -0.25) is 5.32 Å². The molecule has 8 heteroatoms. The molecule has 4 N–H and O–H groups in total. The third kappa shape index (κ3) is 5.28. The van der Waals surface area contributed by atoms with E-state index in [9.17, 15) is 0 Å². The lowest BCUT2D eigenvalue weighted by Gasteiger charge is -2.43. The number of likely N-dealkylation sites (N-methyl/N-ethyl adjacent to an activating group) is 1. The first-order valence-electron chi connectivity index (χ1n) is 12.6. The van der Waals surface area contributed by atoms with Crippen LogP contribution in [0, 0.1) is 0 Å². The van der Waals surface area contributed by atoms with Crippen molar-refractivity contribution >= 4 is 5.96 Å². The second kappa shape index (κ2) is 10.9. The summed E-state index contributed by atoms with van der Waals surface area (Å²) in [4.78, 5) is 5.09. The van der Waals surface area contributed by atoms with Crippen molar-refractivity contribution in [1.82, 2.24) is 21.3 Å². The second-order valence-corrected chi connectivity index (χ2v) is 9.69. The van der Waals surface area contributed by atoms with Crippen LogP contribution < -0.4 is 35.5 Å². The minimum atomic E-state index is -0.209. The van der Waals surface area contributed by atoms with Gasteiger partial charge in [-0.2, -0.15) is 0 Å². The number of nitrogens with one attached hydrogen (secondary N) is 4. The molecule has 1 atom stereocenters. The minimum Gasteiger partial charge on any atom is -0.493 e. The number of ether oxygens (including phenoxy) is 3. The molecule has 1 heterocycles. The number of aliphatic imine (C=N–C) groups is 1. The maximum absolute atomic E-state index is 5.49. The Labute approximate surface area is 203 Å². The number of methoxy groups -OCH3 is 3. The van der Waals surface area contributed by atoms with Crippen molar-refractivity contribution in [2.24, 2.45) is 4.99 Å². The van der Waals surface area contributed by atoms with Gasteiger partial charge in [0.05, 0.1) is 27.4 Å². The van der Waals surface area contributed by atoms with Crippen LogP contribution in [0.4, 0.5) is 0 Å². The average Bonchev–Trinajstić information content (AvgIpc) is 2.87. The van der Waals surface area contributed by atoms with Crippen LogP contribution in [-0.2, 0) is 6.54 Å². The lowest BCUT2D eigenvalue weighted by molar-refractivity contribution is 0.321. The highest BCUT2D eigenvalue weighted by atomic mass is 16.5. The molecule has 0 amide bonds. The molecule has 1 aromatic carbocycles. The lowest BCUT2D eigenvalue weighted by Crippen LogP contribution is -2.64. The Morgan fingerprint density at radius 3 is 2.29 bits per heavy atom. The van der Waals surface area contributed by atoms with Crippen LogP contribution >= 0.6 is 0 Å². The fraction of sp³-hybridized carbons (Fsp3) is 0.654. The molecule has 0 radical (unpaired) electrons. The Balaban J connectivity index is 1.33. The molecule has 1 unspecified atom stereocenters. The van der Waals surface area contributed by atoms with Gasteiger partial charge in [-0.25, -0.2) is 4.99 Å². The average molecular weight is 472 g/mol. The van der Waals surface area contributed by atoms with Gasteiger partial charge in [0.2, 0.25) is 5.75 Å². The summed E-state index contributed by atoms with van der Waals surface area (Å²) in [6.07, 6.45) is 9.17. The first-order chi connectivity index (χ1) is 16.5. The van der Waals surface area contributed by atoms with E-state index >= 15 is 0 Å². The quantitative estimate of drug-likeness (QED) is 0.462. The van der Waals surface area contributed by atoms with Gasteiger partial charge in [0.1, 0.15) is 5.66 Å². The van der Waals surface area contributed by atoms with Crippen LogP contribution in [0.25, 0.3) is 0 Å². The Hall–Kier alpha value is -2.45. The molecule has 1 saturated carbocycles. The molecule has 188 valence electrons. The summed E-state index contributed by atoms with van der Waals surface area (Å²) >= 11 is 0. The van der Waals surface area contributed by atoms with Crippen molar-refractivity contribution in [3.63, 3.8) is 0 Å². The standard InChI is InChI=1S/C26H41N5O3/c1-26(27-2)20-8-6-7-9-21(20)30-25(31-26)29-19-12-10-18(11-13-19)28-16-17-14-22(32-3)24(34-5)23(15-17)33-4/h14-15,18-19,27-28H,6-13,16H2,1-5H3,(H2,29,30,31). The fourth-order valence-electron chi connectivity index (χ4n) is 5.45. The summed E-state index contributed by atoms with van der Waals surface area (Å²) in [6.45, 7) is 3.00. The molecule has 1 aromatic rings. The molecule has 3 aliphatic rings. The van der Waals surface area contributed by atoms with E-state index in [2.05, 4.69) is 28.2 Å². The molecule has 34 heavy (non-hydrogen) atoms. The van der Waals surface area contributed by atoms with E-state index in [0.717, 1.165) is 56.6 Å². The number of nitrogens with zero attached hydrogens (tertiary/aromatic N) is 1. The van der Waals surface area contributed by atoms with Gasteiger partial charge in [-0.1, -0.05) is 0 Å². The summed E-state index contributed by atoms with van der Waals surface area (Å²) in [5.74, 6) is 2.93. The summed E-state index contributed by atoms with van der Waals surface area (Å²) < 4.78 is 16.4. The zero-order valence-corrected chi connectivity index (χ0v) is 21.3. The van der Waals surface area contributed by atoms with E-state index in [1.54, 1.807) is 21.3 Å². The van der Waals surface area contributed by atoms with Gasteiger partial charge >= 0.3 is 0 Å². The molecular formula is C26H41N5O3. The smallest absolute Gasteiger partial charge is 0.203 e. The van der Waals surface area contributed by atoms with Crippen molar-refractivity contribution < 1.29 is 14.2 Å². The molecule has 1 aliphatic heterocycles. The van der Waals surface area contributed by atoms with Crippen molar-refractivity contribution in [2.75, 3.05) is 28.4 Å². The van der Waals surface area contributed by atoms with Crippen LogP contribution in [0.2, 0.25) is 0 Å². The Bertz CT molecular complexity index is 898. The first kappa shape index (κ1) is 24.7. The predicted octanol–water partition coefficient (Wildman–Crippen LogP) is 3.43. The number of benzene rings is 1. The number of hydrogen-bond acceptors (Lipinski definition) is 6. The highest BCUT2D eigenvalue weighted by molar-refractivity contribution is 5.84. The summed E-state index contributed by atoms with van der Waals surface area (Å²) in [5, 5.41) is 14.4. The summed E-state index contributed by atoms with van der Waals surface area (Å²) in [6, 6.07) is 4.86. The van der Waals surface area contributed by atoms with E-state index in [4.69, 9.17) is 19.2 Å². The van der Waals surface area contributed by atoms with Crippen LogP contribution in [0.15, 0.2) is 28.4 Å². The summed E-state index contributed by atoms with van der Waals surface area (Å²) in [7, 11) is 6.96. The van der Waals surface area contributed by atoms with Gasteiger partial charge < -0.3 is 30.2 Å². The Morgan fingerprint density at radius 1 is 1.00 bits per heavy atom. The largest absolute Gasteiger partial charge is 0.493 e. The fourth-order valence-corrected chi connectivity index (χ4v) is 5.45. The summed E-state index contributed by atoms with van der Waals surface area (Å²) in [5.41, 5.74) is 3.73. The van der Waals surface area contributed by atoms with E-state index in [0.29, 0.717) is 29.3 Å². The number of hydrogen-bond donors (Lipinski definition) is 4. The SMILES string of the molecule is CNC1(C)NC(=NC2CCC(NCc3cc(OC)c(OC)c(OC)c3)CC2)NC2=C1CCCC2. The van der Waals surface area contributed by atoms with Crippen molar-refractivity contribution in [3.05, 3.63) is 29.0 Å². The molecule has 1 fully saturated rings. The third-order valence-electron chi connectivity index (χ3n) is 7.54. The Kier molecular flexibility index (Phi) is 7.88. The zero-order valence-electron chi connectivity index (χ0n) is 21.3. The van der Waals surface area contributed by atoms with E-state index in [1.807, 2.05) is 19.2 Å². The highest BCUT2D eigenvalue weighted by Crippen LogP contribution is 2.38. The first-order valence-corrected chi connectivity index (χ1v) is 12.6. The topological polar surface area (TPSA) is 88.2 Å². The number of allylic oxidation sites excluding steroid dienone is 1. The highest BCUT2D eigenvalue weighted by Gasteiger charge is 2.36. The van der Waals surface area contributed by atoms with E-state index < -0.39 is 0 Å². The zero-order chi connectivity index (χ0) is 24.1. The van der Waals surface area contributed by atoms with E-state index in [1.165, 1.54) is 24.1 Å². The van der Waals surface area contributed by atoms with Gasteiger partial charge in [-0.05, 0) is 88.6 Å². The van der Waals surface area contributed by atoms with Crippen molar-refractivity contribution in [3.8, 4) is 17.2 Å². The molecule has 0 saturated heterocycles. The molecule has 0 aromatic heterocycles. The van der Waals surface area contributed by atoms with Gasteiger partial charge in [0.25, 0.3) is 0 Å². The van der Waals surface area contributed by atoms with Gasteiger partial charge in [0, 0.05) is 18.3 Å². The van der Waals surface area contributed by atoms with E-state index in [-0.39, 0.29) is 5.66 Å². The second-order valence-electron chi connectivity index (χ2n) is 9.69. The normalized spacial score (nSPS) is 28.1.